The molecule has 1 N–H and O–H groups in total. The molecule has 0 spiro atoms. The van der Waals surface area contributed by atoms with Crippen molar-refractivity contribution in [2.75, 3.05) is 0 Å². The Labute approximate surface area is 66.0 Å². The van der Waals surface area contributed by atoms with E-state index in [1.165, 1.54) is 0 Å². The first kappa shape index (κ1) is 8.27. The minimum absolute atomic E-state index is 0.00306. The Morgan fingerprint density at radius 3 is 2.45 bits per heavy atom. The summed E-state index contributed by atoms with van der Waals surface area (Å²) in [6, 6.07) is 1.78. The van der Waals surface area contributed by atoms with Crippen LogP contribution in [0.25, 0.3) is 0 Å². The zero-order valence-corrected chi connectivity index (χ0v) is 7.09. The Balaban J connectivity index is 2.89. The highest BCUT2D eigenvalue weighted by atomic mass is 16.5. The Kier molecular flexibility index (Phi) is 2.00. The molecule has 0 radical (unpaired) electrons. The maximum absolute atomic E-state index is 8.68. The van der Waals surface area contributed by atoms with Gasteiger partial charge in [-0.1, -0.05) is 25.9 Å². The number of hydrogen-bond donors (Lipinski definition) is 1. The molecule has 3 nitrogen and oxygen atoms in total. The number of aromatic nitrogens is 1. The van der Waals surface area contributed by atoms with Gasteiger partial charge in [-0.05, 0) is 0 Å². The average Bonchev–Trinajstić information content (AvgIpc) is 2.32. The summed E-state index contributed by atoms with van der Waals surface area (Å²) in [5.74, 6) is 0.523. The van der Waals surface area contributed by atoms with Crippen LogP contribution in [0.2, 0.25) is 0 Å². The molecular weight excluding hydrogens is 142 g/mol. The summed E-state index contributed by atoms with van der Waals surface area (Å²) in [5, 5.41) is 12.5. The van der Waals surface area contributed by atoms with Crippen molar-refractivity contribution in [3.05, 3.63) is 17.5 Å². The van der Waals surface area contributed by atoms with Crippen LogP contribution in [0.5, 0.6) is 0 Å². The summed E-state index contributed by atoms with van der Waals surface area (Å²) in [4.78, 5) is 0. The Bertz CT molecular complexity index is 234. The Hall–Kier alpha value is -0.830. The molecule has 3 heteroatoms. The topological polar surface area (TPSA) is 46.3 Å². The summed E-state index contributed by atoms with van der Waals surface area (Å²) in [5.41, 5.74) is 0.873. The van der Waals surface area contributed by atoms with Gasteiger partial charge in [0.2, 0.25) is 0 Å². The van der Waals surface area contributed by atoms with Crippen LogP contribution in [-0.2, 0) is 12.0 Å². The molecule has 0 bridgehead atoms. The molecule has 11 heavy (non-hydrogen) atoms. The summed E-state index contributed by atoms with van der Waals surface area (Å²) in [6.07, 6.45) is 0. The molecule has 1 heterocycles. The van der Waals surface area contributed by atoms with Gasteiger partial charge in [0.05, 0.1) is 5.69 Å². The fourth-order valence-corrected chi connectivity index (χ4v) is 0.741. The maximum atomic E-state index is 8.68. The Morgan fingerprint density at radius 1 is 1.55 bits per heavy atom. The molecule has 0 amide bonds. The van der Waals surface area contributed by atoms with Crippen molar-refractivity contribution in [3.8, 4) is 0 Å². The molecule has 0 saturated carbocycles. The second kappa shape index (κ2) is 2.66. The molecule has 1 rings (SSSR count). The Morgan fingerprint density at radius 2 is 2.18 bits per heavy atom. The fourth-order valence-electron chi connectivity index (χ4n) is 0.741. The molecule has 0 fully saturated rings. The fraction of sp³-hybridized carbons (Fsp3) is 0.625. The van der Waals surface area contributed by atoms with Crippen molar-refractivity contribution in [3.63, 3.8) is 0 Å². The lowest BCUT2D eigenvalue weighted by atomic mass is 9.92. The van der Waals surface area contributed by atoms with Crippen molar-refractivity contribution < 1.29 is 9.63 Å². The number of nitrogens with zero attached hydrogens (tertiary/aromatic N) is 1. The number of rotatable bonds is 1. The minimum Gasteiger partial charge on any atom is -0.388 e. The van der Waals surface area contributed by atoms with Gasteiger partial charge >= 0.3 is 0 Å². The van der Waals surface area contributed by atoms with Crippen LogP contribution in [0.4, 0.5) is 0 Å². The first-order chi connectivity index (χ1) is 5.04. The minimum atomic E-state index is -0.0803. The molecule has 0 atom stereocenters. The van der Waals surface area contributed by atoms with Gasteiger partial charge < -0.3 is 9.63 Å². The van der Waals surface area contributed by atoms with Gasteiger partial charge in [-0.3, -0.25) is 0 Å². The van der Waals surface area contributed by atoms with E-state index in [9.17, 15) is 0 Å². The smallest absolute Gasteiger partial charge is 0.162 e. The first-order valence-corrected chi connectivity index (χ1v) is 3.61. The summed E-state index contributed by atoms with van der Waals surface area (Å²) < 4.78 is 4.84. The van der Waals surface area contributed by atoms with E-state index in [1.807, 2.05) is 20.8 Å². The molecule has 1 aromatic heterocycles. The van der Waals surface area contributed by atoms with Crippen LogP contribution in [0.3, 0.4) is 0 Å². The van der Waals surface area contributed by atoms with Gasteiger partial charge in [0.15, 0.2) is 5.76 Å². The number of aliphatic hydroxyl groups excluding tert-OH is 1. The standard InChI is InChI=1S/C8H13NO2/c1-8(2,3)7-4-6(5-10)11-9-7/h4,10H,5H2,1-3H3. The maximum Gasteiger partial charge on any atom is 0.162 e. The third kappa shape index (κ3) is 1.80. The van der Waals surface area contributed by atoms with E-state index >= 15 is 0 Å². The van der Waals surface area contributed by atoms with Crippen LogP contribution in [-0.4, -0.2) is 10.3 Å². The predicted molar refractivity (Wildman–Crippen MR) is 41.1 cm³/mol. The molecule has 0 unspecified atom stereocenters. The van der Waals surface area contributed by atoms with Crippen LogP contribution in [0, 0.1) is 0 Å². The highest BCUT2D eigenvalue weighted by molar-refractivity contribution is 5.13. The largest absolute Gasteiger partial charge is 0.388 e. The molecule has 0 aromatic carbocycles. The lowest BCUT2D eigenvalue weighted by Gasteiger charge is -2.12. The lowest BCUT2D eigenvalue weighted by Crippen LogP contribution is -2.10. The van der Waals surface area contributed by atoms with Crippen molar-refractivity contribution in [2.45, 2.75) is 32.8 Å². The zero-order valence-electron chi connectivity index (χ0n) is 7.09. The van der Waals surface area contributed by atoms with Crippen LogP contribution in [0.1, 0.15) is 32.2 Å². The number of aliphatic hydroxyl groups is 1. The van der Waals surface area contributed by atoms with E-state index in [-0.39, 0.29) is 12.0 Å². The molecule has 0 aliphatic carbocycles. The SMILES string of the molecule is CC(C)(C)c1cc(CO)on1. The van der Waals surface area contributed by atoms with Crippen LogP contribution >= 0.6 is 0 Å². The second-order valence-electron chi connectivity index (χ2n) is 3.59. The molecule has 62 valence electrons. The van der Waals surface area contributed by atoms with Gasteiger partial charge in [-0.25, -0.2) is 0 Å². The third-order valence-corrected chi connectivity index (χ3v) is 1.48. The van der Waals surface area contributed by atoms with Crippen LogP contribution in [0.15, 0.2) is 10.6 Å². The third-order valence-electron chi connectivity index (χ3n) is 1.48. The van der Waals surface area contributed by atoms with Crippen molar-refractivity contribution >= 4 is 0 Å². The van der Waals surface area contributed by atoms with E-state index in [4.69, 9.17) is 9.63 Å². The summed E-state index contributed by atoms with van der Waals surface area (Å²) in [7, 11) is 0. The van der Waals surface area contributed by atoms with Crippen LogP contribution < -0.4 is 0 Å². The highest BCUT2D eigenvalue weighted by Gasteiger charge is 2.18. The zero-order chi connectivity index (χ0) is 8.48. The van der Waals surface area contributed by atoms with E-state index in [0.29, 0.717) is 5.76 Å². The lowest BCUT2D eigenvalue weighted by molar-refractivity contribution is 0.227. The van der Waals surface area contributed by atoms with Gasteiger partial charge in [-0.2, -0.15) is 0 Å². The van der Waals surface area contributed by atoms with E-state index < -0.39 is 0 Å². The first-order valence-electron chi connectivity index (χ1n) is 3.61. The van der Waals surface area contributed by atoms with Crippen molar-refractivity contribution in [1.82, 2.24) is 5.16 Å². The van der Waals surface area contributed by atoms with Gasteiger partial charge in [0, 0.05) is 11.5 Å². The quantitative estimate of drug-likeness (QED) is 0.667. The van der Waals surface area contributed by atoms with Crippen molar-refractivity contribution in [2.24, 2.45) is 0 Å². The summed E-state index contributed by atoms with van der Waals surface area (Å²) in [6.45, 7) is 6.06. The number of hydrogen-bond acceptors (Lipinski definition) is 3. The van der Waals surface area contributed by atoms with E-state index in [2.05, 4.69) is 5.16 Å². The molecule has 0 aliphatic heterocycles. The van der Waals surface area contributed by atoms with E-state index in [0.717, 1.165) is 5.69 Å². The molecule has 1 aromatic rings. The average molecular weight is 155 g/mol. The predicted octanol–water partition coefficient (Wildman–Crippen LogP) is 1.46. The monoisotopic (exact) mass is 155 g/mol. The van der Waals surface area contributed by atoms with Gasteiger partial charge in [0.1, 0.15) is 6.61 Å². The molecule has 0 saturated heterocycles. The summed E-state index contributed by atoms with van der Waals surface area (Å²) >= 11 is 0. The second-order valence-corrected chi connectivity index (χ2v) is 3.59. The molecule has 0 aliphatic rings. The van der Waals surface area contributed by atoms with E-state index in [1.54, 1.807) is 6.07 Å². The normalized spacial score (nSPS) is 12.0. The van der Waals surface area contributed by atoms with Gasteiger partial charge in [-0.15, -0.1) is 0 Å². The van der Waals surface area contributed by atoms with Gasteiger partial charge in [0.25, 0.3) is 0 Å². The highest BCUT2D eigenvalue weighted by Crippen LogP contribution is 2.21. The van der Waals surface area contributed by atoms with Crippen molar-refractivity contribution in [1.29, 1.82) is 0 Å². The molecular formula is C8H13NO2.